The molecule has 3 aliphatic heterocycles. The molecule has 2 fully saturated rings. The fraction of sp³-hybridized carbons (Fsp3) is 0.708. The van der Waals surface area contributed by atoms with E-state index in [0.29, 0.717) is 82.0 Å². The third-order valence-corrected chi connectivity index (χ3v) is 9.28. The Morgan fingerprint density at radius 2 is 1.86 bits per heavy atom. The summed E-state index contributed by atoms with van der Waals surface area (Å²) in [5, 5.41) is 35.2. The number of hydrogen-bond donors (Lipinski definition) is 3. The van der Waals surface area contributed by atoms with Gasteiger partial charge in [-0.25, -0.2) is 0 Å². The molecule has 2 aromatic heterocycles. The molecule has 2 aromatic rings. The van der Waals surface area contributed by atoms with Crippen molar-refractivity contribution in [3.05, 3.63) is 38.8 Å². The molecule has 8 nitrogen and oxygen atoms in total. The Morgan fingerprint density at radius 3 is 2.53 bits per heavy atom. The van der Waals surface area contributed by atoms with E-state index in [1.54, 1.807) is 10.9 Å². The molecule has 1 atom stereocenters. The second kappa shape index (κ2) is 9.97. The zero-order valence-electron chi connectivity index (χ0n) is 20.0. The lowest BCUT2D eigenvalue weighted by atomic mass is 9.84. The lowest BCUT2D eigenvalue weighted by Gasteiger charge is -2.43. The van der Waals surface area contributed by atoms with Gasteiger partial charge in [-0.15, -0.1) is 11.3 Å². The standard InChI is InChI=1S/C24H32F3N3O5S/c25-24(26,27)21-18(15-31)17-1-8-35-23(20(17)36-21)2-6-29(7-3-23)12-16-11-28-30(13-16)14-19(32)22(33)4-9-34-10-5-22/h11,13,19,31-33H,1-10,12,14-15H2. The topological polar surface area (TPSA) is 100 Å². The van der Waals surface area contributed by atoms with Gasteiger partial charge in [0, 0.05) is 67.9 Å². The van der Waals surface area contributed by atoms with E-state index in [4.69, 9.17) is 9.47 Å². The fourth-order valence-corrected chi connectivity index (χ4v) is 7.07. The molecule has 5 rings (SSSR count). The second-order valence-corrected chi connectivity index (χ2v) is 11.1. The first-order valence-corrected chi connectivity index (χ1v) is 13.1. The summed E-state index contributed by atoms with van der Waals surface area (Å²) in [6.45, 7) is 2.68. The van der Waals surface area contributed by atoms with Gasteiger partial charge in [-0.2, -0.15) is 18.3 Å². The van der Waals surface area contributed by atoms with Crippen molar-refractivity contribution in [2.45, 2.75) is 75.3 Å². The Hall–Kier alpha value is -1.54. The first-order valence-electron chi connectivity index (χ1n) is 12.3. The van der Waals surface area contributed by atoms with Gasteiger partial charge in [0.05, 0.1) is 31.6 Å². The number of aromatic nitrogens is 2. The van der Waals surface area contributed by atoms with Gasteiger partial charge >= 0.3 is 6.18 Å². The van der Waals surface area contributed by atoms with Crippen LogP contribution < -0.4 is 0 Å². The molecule has 200 valence electrons. The van der Waals surface area contributed by atoms with E-state index in [2.05, 4.69) is 10.00 Å². The number of fused-ring (bicyclic) bond motifs is 2. The van der Waals surface area contributed by atoms with E-state index in [-0.39, 0.29) is 12.1 Å². The summed E-state index contributed by atoms with van der Waals surface area (Å²) in [5.41, 5.74) is -0.336. The molecule has 0 aliphatic carbocycles. The Bertz CT molecular complexity index is 1060. The number of nitrogens with zero attached hydrogens (tertiary/aromatic N) is 3. The van der Waals surface area contributed by atoms with Gasteiger partial charge in [-0.3, -0.25) is 9.58 Å². The van der Waals surface area contributed by atoms with E-state index in [0.717, 1.165) is 16.9 Å². The summed E-state index contributed by atoms with van der Waals surface area (Å²) < 4.78 is 53.8. The van der Waals surface area contributed by atoms with Crippen LogP contribution in [0, 0.1) is 0 Å². The molecule has 0 radical (unpaired) electrons. The van der Waals surface area contributed by atoms with Crippen LogP contribution in [0.25, 0.3) is 0 Å². The number of halogens is 3. The predicted octanol–water partition coefficient (Wildman–Crippen LogP) is 2.42. The van der Waals surface area contributed by atoms with Crippen molar-refractivity contribution >= 4 is 11.3 Å². The van der Waals surface area contributed by atoms with Crippen LogP contribution in [0.2, 0.25) is 0 Å². The van der Waals surface area contributed by atoms with Crippen LogP contribution in [0.3, 0.4) is 0 Å². The SMILES string of the molecule is OCc1c(C(F)(F)F)sc2c1CCOC21CCN(Cc2cnn(CC(O)C3(O)CCOCC3)c2)CC1. The molecule has 12 heteroatoms. The molecule has 2 saturated heterocycles. The van der Waals surface area contributed by atoms with Crippen LogP contribution in [0.4, 0.5) is 13.2 Å². The number of alkyl halides is 3. The minimum absolute atomic E-state index is 0.00705. The highest BCUT2D eigenvalue weighted by atomic mass is 32.1. The smallest absolute Gasteiger partial charge is 0.392 e. The molecule has 3 N–H and O–H groups in total. The first kappa shape index (κ1) is 26.1. The average Bonchev–Trinajstić information content (AvgIpc) is 3.46. The number of hydrogen-bond acceptors (Lipinski definition) is 8. The lowest BCUT2D eigenvalue weighted by Crippen LogP contribution is -2.48. The van der Waals surface area contributed by atoms with Crippen LogP contribution >= 0.6 is 11.3 Å². The summed E-state index contributed by atoms with van der Waals surface area (Å²) in [5.74, 6) is 0. The second-order valence-electron chi connectivity index (χ2n) is 10.0. The van der Waals surface area contributed by atoms with Gasteiger partial charge in [0.15, 0.2) is 0 Å². The highest BCUT2D eigenvalue weighted by Crippen LogP contribution is 2.50. The molecule has 0 saturated carbocycles. The quantitative estimate of drug-likeness (QED) is 0.527. The number of aliphatic hydroxyl groups is 3. The van der Waals surface area contributed by atoms with Crippen molar-refractivity contribution in [2.75, 3.05) is 32.9 Å². The number of aliphatic hydroxyl groups excluding tert-OH is 2. The molecule has 0 amide bonds. The van der Waals surface area contributed by atoms with Gasteiger partial charge in [-0.05, 0) is 24.8 Å². The minimum atomic E-state index is -4.49. The van der Waals surface area contributed by atoms with Crippen molar-refractivity contribution in [1.82, 2.24) is 14.7 Å². The van der Waals surface area contributed by atoms with Crippen molar-refractivity contribution in [3.63, 3.8) is 0 Å². The van der Waals surface area contributed by atoms with Gasteiger partial charge in [0.25, 0.3) is 0 Å². The van der Waals surface area contributed by atoms with E-state index in [1.807, 2.05) is 6.20 Å². The third-order valence-electron chi connectivity index (χ3n) is 7.77. The normalized spacial score (nSPS) is 23.1. The molecule has 1 unspecified atom stereocenters. The minimum Gasteiger partial charge on any atom is -0.392 e. The molecular formula is C24H32F3N3O5S. The first-order chi connectivity index (χ1) is 17.1. The third kappa shape index (κ3) is 4.96. The van der Waals surface area contributed by atoms with E-state index in [1.165, 1.54) is 0 Å². The van der Waals surface area contributed by atoms with Gasteiger partial charge < -0.3 is 24.8 Å². The van der Waals surface area contributed by atoms with E-state index >= 15 is 0 Å². The molecule has 3 aliphatic rings. The maximum Gasteiger partial charge on any atom is 0.425 e. The number of ether oxygens (including phenoxy) is 2. The maximum atomic E-state index is 13.6. The highest BCUT2D eigenvalue weighted by Gasteiger charge is 2.47. The number of piperidine rings is 1. The highest BCUT2D eigenvalue weighted by molar-refractivity contribution is 7.12. The van der Waals surface area contributed by atoms with Crippen LogP contribution in [0.5, 0.6) is 0 Å². The Balaban J connectivity index is 1.22. The lowest BCUT2D eigenvalue weighted by molar-refractivity contribution is -0.136. The number of rotatable bonds is 6. The zero-order chi connectivity index (χ0) is 25.6. The van der Waals surface area contributed by atoms with Gasteiger partial charge in [0.2, 0.25) is 0 Å². The zero-order valence-corrected chi connectivity index (χ0v) is 20.8. The Labute approximate surface area is 211 Å². The average molecular weight is 532 g/mol. The Morgan fingerprint density at radius 1 is 1.14 bits per heavy atom. The van der Waals surface area contributed by atoms with Crippen molar-refractivity contribution < 1.29 is 38.0 Å². The van der Waals surface area contributed by atoms with Crippen LogP contribution in [0.1, 0.15) is 52.1 Å². The van der Waals surface area contributed by atoms with Crippen LogP contribution in [-0.2, 0) is 47.4 Å². The summed E-state index contributed by atoms with van der Waals surface area (Å²) in [4.78, 5) is 2.14. The van der Waals surface area contributed by atoms with Gasteiger partial charge in [0.1, 0.15) is 16.6 Å². The predicted molar refractivity (Wildman–Crippen MR) is 124 cm³/mol. The Kier molecular flexibility index (Phi) is 7.22. The molecule has 36 heavy (non-hydrogen) atoms. The van der Waals surface area contributed by atoms with Crippen LogP contribution in [0.15, 0.2) is 12.4 Å². The van der Waals surface area contributed by atoms with Crippen molar-refractivity contribution in [2.24, 2.45) is 0 Å². The van der Waals surface area contributed by atoms with Crippen molar-refractivity contribution in [3.8, 4) is 0 Å². The number of thiophene rings is 1. The molecular weight excluding hydrogens is 499 g/mol. The largest absolute Gasteiger partial charge is 0.425 e. The summed E-state index contributed by atoms with van der Waals surface area (Å²) >= 11 is 0.731. The van der Waals surface area contributed by atoms with E-state index < -0.39 is 35.0 Å². The van der Waals surface area contributed by atoms with Gasteiger partial charge in [-0.1, -0.05) is 0 Å². The monoisotopic (exact) mass is 531 g/mol. The fourth-order valence-electron chi connectivity index (χ4n) is 5.64. The van der Waals surface area contributed by atoms with Crippen molar-refractivity contribution in [1.29, 1.82) is 0 Å². The summed E-state index contributed by atoms with van der Waals surface area (Å²) in [6.07, 6.45) is 0.461. The summed E-state index contributed by atoms with van der Waals surface area (Å²) in [7, 11) is 0. The van der Waals surface area contributed by atoms with E-state index in [9.17, 15) is 28.5 Å². The van der Waals surface area contributed by atoms with Crippen LogP contribution in [-0.4, -0.2) is 74.6 Å². The summed E-state index contributed by atoms with van der Waals surface area (Å²) in [6, 6.07) is 0. The molecule has 0 bridgehead atoms. The molecule has 1 spiro atoms. The number of likely N-dealkylation sites (tertiary alicyclic amines) is 1. The maximum absolute atomic E-state index is 13.6. The molecule has 0 aromatic carbocycles. The molecule has 5 heterocycles.